The lowest BCUT2D eigenvalue weighted by Gasteiger charge is -2.11. The third-order valence-corrected chi connectivity index (χ3v) is 4.01. The summed E-state index contributed by atoms with van der Waals surface area (Å²) in [6, 6.07) is 15.3. The van der Waals surface area contributed by atoms with Crippen molar-refractivity contribution >= 4 is 23.2 Å². The largest absolute Gasteiger partial charge is 0.233 e. The highest BCUT2D eigenvalue weighted by Gasteiger charge is 2.11. The van der Waals surface area contributed by atoms with Gasteiger partial charge >= 0.3 is 0 Å². The summed E-state index contributed by atoms with van der Waals surface area (Å²) in [5.41, 5.74) is 4.97. The number of benzene rings is 2. The van der Waals surface area contributed by atoms with Crippen LogP contribution in [0.3, 0.4) is 0 Å². The standard InChI is InChI=1S/C18H14Cl2N2/c1-11-17(13-3-7-15(19)8-4-13)12(2)22-18(21-11)14-5-9-16(20)10-6-14/h3-10H,1-2H3. The van der Waals surface area contributed by atoms with Crippen LogP contribution >= 0.6 is 23.2 Å². The van der Waals surface area contributed by atoms with Gasteiger partial charge in [-0.25, -0.2) is 9.97 Å². The molecule has 110 valence electrons. The highest BCUT2D eigenvalue weighted by molar-refractivity contribution is 6.30. The van der Waals surface area contributed by atoms with Crippen molar-refractivity contribution in [2.24, 2.45) is 0 Å². The zero-order valence-electron chi connectivity index (χ0n) is 12.3. The Morgan fingerprint density at radius 2 is 1.05 bits per heavy atom. The van der Waals surface area contributed by atoms with Gasteiger partial charge in [0.05, 0.1) is 0 Å². The van der Waals surface area contributed by atoms with Crippen molar-refractivity contribution in [3.05, 3.63) is 70.0 Å². The van der Waals surface area contributed by atoms with Crippen molar-refractivity contribution in [2.75, 3.05) is 0 Å². The van der Waals surface area contributed by atoms with Gasteiger partial charge in [-0.2, -0.15) is 0 Å². The van der Waals surface area contributed by atoms with E-state index in [0.717, 1.165) is 33.1 Å². The van der Waals surface area contributed by atoms with E-state index in [1.807, 2.05) is 62.4 Å². The van der Waals surface area contributed by atoms with E-state index >= 15 is 0 Å². The Morgan fingerprint density at radius 1 is 0.636 bits per heavy atom. The second-order valence-corrected chi connectivity index (χ2v) is 5.98. The molecule has 0 bridgehead atoms. The van der Waals surface area contributed by atoms with E-state index < -0.39 is 0 Å². The summed E-state index contributed by atoms with van der Waals surface area (Å²) >= 11 is 11.9. The number of halogens is 2. The molecule has 0 saturated carbocycles. The minimum atomic E-state index is 0.704. The molecule has 0 spiro atoms. The fraction of sp³-hybridized carbons (Fsp3) is 0.111. The molecule has 0 amide bonds. The number of hydrogen-bond acceptors (Lipinski definition) is 2. The molecule has 3 aromatic rings. The first-order valence-electron chi connectivity index (χ1n) is 6.92. The van der Waals surface area contributed by atoms with Crippen molar-refractivity contribution in [3.8, 4) is 22.5 Å². The van der Waals surface area contributed by atoms with Crippen LogP contribution in [0.15, 0.2) is 48.5 Å². The van der Waals surface area contributed by atoms with E-state index in [4.69, 9.17) is 23.2 Å². The van der Waals surface area contributed by atoms with Crippen LogP contribution in [0.4, 0.5) is 0 Å². The van der Waals surface area contributed by atoms with Gasteiger partial charge in [-0.05, 0) is 55.8 Å². The average Bonchev–Trinajstić information content (AvgIpc) is 2.49. The van der Waals surface area contributed by atoms with Gasteiger partial charge in [-0.15, -0.1) is 0 Å². The number of aromatic nitrogens is 2. The number of aryl methyl sites for hydroxylation is 2. The van der Waals surface area contributed by atoms with Crippen LogP contribution in [-0.4, -0.2) is 9.97 Å². The molecule has 0 N–H and O–H groups in total. The summed E-state index contributed by atoms with van der Waals surface area (Å²) < 4.78 is 0. The van der Waals surface area contributed by atoms with Crippen LogP contribution in [0, 0.1) is 13.8 Å². The van der Waals surface area contributed by atoms with Gasteiger partial charge in [0.25, 0.3) is 0 Å². The summed E-state index contributed by atoms with van der Waals surface area (Å²) in [5, 5.41) is 1.42. The van der Waals surface area contributed by atoms with E-state index in [1.54, 1.807) is 0 Å². The van der Waals surface area contributed by atoms with Crippen LogP contribution in [0.1, 0.15) is 11.4 Å². The number of hydrogen-bond donors (Lipinski definition) is 0. The van der Waals surface area contributed by atoms with Gasteiger partial charge in [0.2, 0.25) is 0 Å². The molecule has 0 aliphatic heterocycles. The van der Waals surface area contributed by atoms with Crippen molar-refractivity contribution in [1.82, 2.24) is 9.97 Å². The Bertz CT molecular complexity index is 786. The van der Waals surface area contributed by atoms with E-state index in [9.17, 15) is 0 Å². The van der Waals surface area contributed by atoms with Crippen molar-refractivity contribution in [3.63, 3.8) is 0 Å². The van der Waals surface area contributed by atoms with E-state index in [-0.39, 0.29) is 0 Å². The zero-order chi connectivity index (χ0) is 15.7. The molecule has 0 aliphatic carbocycles. The van der Waals surface area contributed by atoms with Gasteiger partial charge < -0.3 is 0 Å². The van der Waals surface area contributed by atoms with E-state index in [2.05, 4.69) is 9.97 Å². The lowest BCUT2D eigenvalue weighted by Crippen LogP contribution is -1.99. The second kappa shape index (κ2) is 6.07. The number of rotatable bonds is 2. The summed E-state index contributed by atoms with van der Waals surface area (Å²) in [6.45, 7) is 4.00. The van der Waals surface area contributed by atoms with E-state index in [1.165, 1.54) is 0 Å². The fourth-order valence-corrected chi connectivity index (χ4v) is 2.73. The minimum Gasteiger partial charge on any atom is -0.233 e. The van der Waals surface area contributed by atoms with Crippen molar-refractivity contribution in [1.29, 1.82) is 0 Å². The quantitative estimate of drug-likeness (QED) is 0.599. The molecule has 4 heteroatoms. The molecule has 0 aliphatic rings. The first kappa shape index (κ1) is 15.0. The molecule has 0 unspecified atom stereocenters. The Labute approximate surface area is 139 Å². The highest BCUT2D eigenvalue weighted by Crippen LogP contribution is 2.28. The van der Waals surface area contributed by atoms with Gasteiger partial charge in [0, 0.05) is 32.6 Å². The van der Waals surface area contributed by atoms with Gasteiger partial charge in [-0.3, -0.25) is 0 Å². The molecule has 0 atom stereocenters. The number of nitrogens with zero attached hydrogens (tertiary/aromatic N) is 2. The molecule has 3 rings (SSSR count). The van der Waals surface area contributed by atoms with Gasteiger partial charge in [-0.1, -0.05) is 35.3 Å². The summed E-state index contributed by atoms with van der Waals surface area (Å²) in [6.07, 6.45) is 0. The maximum atomic E-state index is 5.95. The maximum absolute atomic E-state index is 5.95. The lowest BCUT2D eigenvalue weighted by molar-refractivity contribution is 1.07. The Balaban J connectivity index is 2.08. The topological polar surface area (TPSA) is 25.8 Å². The molecule has 1 aromatic heterocycles. The Hall–Kier alpha value is -1.90. The molecule has 2 nitrogen and oxygen atoms in total. The normalized spacial score (nSPS) is 10.7. The predicted molar refractivity (Wildman–Crippen MR) is 92.4 cm³/mol. The fourth-order valence-electron chi connectivity index (χ4n) is 2.48. The molecule has 1 heterocycles. The third kappa shape index (κ3) is 2.99. The third-order valence-electron chi connectivity index (χ3n) is 3.51. The molecule has 22 heavy (non-hydrogen) atoms. The van der Waals surface area contributed by atoms with Gasteiger partial charge in [0.15, 0.2) is 5.82 Å². The van der Waals surface area contributed by atoms with Gasteiger partial charge in [0.1, 0.15) is 0 Å². The SMILES string of the molecule is Cc1nc(-c2ccc(Cl)cc2)nc(C)c1-c1ccc(Cl)cc1. The van der Waals surface area contributed by atoms with Crippen LogP contribution in [0.25, 0.3) is 22.5 Å². The summed E-state index contributed by atoms with van der Waals surface area (Å²) in [4.78, 5) is 9.29. The smallest absolute Gasteiger partial charge is 0.159 e. The van der Waals surface area contributed by atoms with Crippen LogP contribution in [0.2, 0.25) is 10.0 Å². The van der Waals surface area contributed by atoms with Crippen LogP contribution in [0.5, 0.6) is 0 Å². The zero-order valence-corrected chi connectivity index (χ0v) is 13.8. The van der Waals surface area contributed by atoms with Crippen LogP contribution in [-0.2, 0) is 0 Å². The second-order valence-electron chi connectivity index (χ2n) is 5.11. The molecule has 0 radical (unpaired) electrons. The molecule has 2 aromatic carbocycles. The van der Waals surface area contributed by atoms with Crippen molar-refractivity contribution < 1.29 is 0 Å². The molecular weight excluding hydrogens is 315 g/mol. The van der Waals surface area contributed by atoms with Crippen LogP contribution < -0.4 is 0 Å². The molecular formula is C18H14Cl2N2. The summed E-state index contributed by atoms with van der Waals surface area (Å²) in [5.74, 6) is 0.712. The minimum absolute atomic E-state index is 0.704. The van der Waals surface area contributed by atoms with Crippen molar-refractivity contribution in [2.45, 2.75) is 13.8 Å². The first-order valence-corrected chi connectivity index (χ1v) is 7.67. The molecule has 0 fully saturated rings. The molecule has 0 saturated heterocycles. The van der Waals surface area contributed by atoms with E-state index in [0.29, 0.717) is 10.8 Å². The Kier molecular flexibility index (Phi) is 4.14. The summed E-state index contributed by atoms with van der Waals surface area (Å²) in [7, 11) is 0. The lowest BCUT2D eigenvalue weighted by atomic mass is 10.0. The Morgan fingerprint density at radius 3 is 1.50 bits per heavy atom. The highest BCUT2D eigenvalue weighted by atomic mass is 35.5. The monoisotopic (exact) mass is 328 g/mol. The average molecular weight is 329 g/mol. The predicted octanol–water partition coefficient (Wildman–Crippen LogP) is 5.73. The maximum Gasteiger partial charge on any atom is 0.159 e. The first-order chi connectivity index (χ1) is 10.5.